The second-order valence-corrected chi connectivity index (χ2v) is 9.66. The SMILES string of the molecule is O=C1[C@@H]2[C@H](C(=O)N1c1ccc(S(=O)(=O)NC3CCCC3)cc1)[C@@H]1CC[C@H]2O1. The van der Waals surface area contributed by atoms with Crippen molar-refractivity contribution in [1.82, 2.24) is 4.72 Å². The van der Waals surface area contributed by atoms with E-state index in [0.29, 0.717) is 5.69 Å². The number of nitrogens with zero attached hydrogens (tertiary/aromatic N) is 1. The number of benzene rings is 1. The average Bonchev–Trinajstić information content (AvgIpc) is 3.41. The molecule has 0 spiro atoms. The number of carbonyl (C=O) groups excluding carboxylic acids is 2. The number of amides is 2. The molecule has 4 fully saturated rings. The number of hydrogen-bond donors (Lipinski definition) is 1. The number of hydrogen-bond acceptors (Lipinski definition) is 5. The minimum absolute atomic E-state index is 0.00809. The number of imide groups is 1. The first-order valence-corrected chi connectivity index (χ1v) is 11.1. The fraction of sp³-hybridized carbons (Fsp3) is 0.579. The van der Waals surface area contributed by atoms with Crippen LogP contribution in [0.2, 0.25) is 0 Å². The van der Waals surface area contributed by atoms with E-state index in [1.54, 1.807) is 12.1 Å². The molecule has 7 nitrogen and oxygen atoms in total. The molecule has 4 atom stereocenters. The van der Waals surface area contributed by atoms with E-state index in [4.69, 9.17) is 4.74 Å². The molecular weight excluding hydrogens is 368 g/mol. The third kappa shape index (κ3) is 2.65. The summed E-state index contributed by atoms with van der Waals surface area (Å²) in [4.78, 5) is 27.0. The Morgan fingerprint density at radius 1 is 0.889 bits per heavy atom. The number of carbonyl (C=O) groups is 2. The van der Waals surface area contributed by atoms with Crippen LogP contribution in [0.1, 0.15) is 38.5 Å². The molecule has 4 aliphatic rings. The fourth-order valence-electron chi connectivity index (χ4n) is 5.07. The lowest BCUT2D eigenvalue weighted by molar-refractivity contribution is -0.124. The number of rotatable bonds is 4. The number of fused-ring (bicyclic) bond motifs is 5. The quantitative estimate of drug-likeness (QED) is 0.788. The summed E-state index contributed by atoms with van der Waals surface area (Å²) < 4.78 is 33.5. The van der Waals surface area contributed by atoms with Gasteiger partial charge < -0.3 is 4.74 Å². The summed E-state index contributed by atoms with van der Waals surface area (Å²) in [5, 5.41) is 0. The van der Waals surface area contributed by atoms with Crippen LogP contribution in [0.25, 0.3) is 0 Å². The van der Waals surface area contributed by atoms with E-state index >= 15 is 0 Å². The summed E-state index contributed by atoms with van der Waals surface area (Å²) >= 11 is 0. The lowest BCUT2D eigenvalue weighted by atomic mass is 9.81. The Morgan fingerprint density at radius 3 is 2.00 bits per heavy atom. The van der Waals surface area contributed by atoms with Gasteiger partial charge in [-0.2, -0.15) is 0 Å². The molecular formula is C19H22N2O5S. The highest BCUT2D eigenvalue weighted by molar-refractivity contribution is 7.89. The van der Waals surface area contributed by atoms with Crippen molar-refractivity contribution in [2.75, 3.05) is 4.90 Å². The summed E-state index contributed by atoms with van der Waals surface area (Å²) in [6.45, 7) is 0. The molecule has 3 heterocycles. The van der Waals surface area contributed by atoms with Crippen molar-refractivity contribution in [2.24, 2.45) is 11.8 Å². The van der Waals surface area contributed by atoms with Crippen molar-refractivity contribution >= 4 is 27.5 Å². The largest absolute Gasteiger partial charge is 0.373 e. The predicted molar refractivity (Wildman–Crippen MR) is 96.4 cm³/mol. The molecule has 144 valence electrons. The smallest absolute Gasteiger partial charge is 0.240 e. The van der Waals surface area contributed by atoms with Crippen molar-refractivity contribution in [3.8, 4) is 0 Å². The number of sulfonamides is 1. The van der Waals surface area contributed by atoms with Crippen molar-refractivity contribution in [3.63, 3.8) is 0 Å². The number of ether oxygens (including phenoxy) is 1. The van der Waals surface area contributed by atoms with Crippen LogP contribution in [0.5, 0.6) is 0 Å². The molecule has 1 aromatic rings. The van der Waals surface area contributed by atoms with Crippen molar-refractivity contribution in [2.45, 2.75) is 61.7 Å². The highest BCUT2D eigenvalue weighted by Crippen LogP contribution is 2.49. The van der Waals surface area contributed by atoms with Crippen LogP contribution in [0, 0.1) is 11.8 Å². The second-order valence-electron chi connectivity index (χ2n) is 7.95. The van der Waals surface area contributed by atoms with Crippen LogP contribution in [-0.4, -0.2) is 38.5 Å². The van der Waals surface area contributed by atoms with Crippen molar-refractivity contribution in [1.29, 1.82) is 0 Å². The Kier molecular flexibility index (Phi) is 3.93. The molecule has 27 heavy (non-hydrogen) atoms. The summed E-state index contributed by atoms with van der Waals surface area (Å²) in [5.74, 6) is -1.22. The van der Waals surface area contributed by atoms with E-state index in [-0.39, 0.29) is 46.8 Å². The van der Waals surface area contributed by atoms with Gasteiger partial charge in [-0.1, -0.05) is 12.8 Å². The molecule has 8 heteroatoms. The lowest BCUT2D eigenvalue weighted by Gasteiger charge is -2.18. The Balaban J connectivity index is 1.38. The molecule has 0 aromatic heterocycles. The molecule has 0 unspecified atom stereocenters. The average molecular weight is 390 g/mol. The summed E-state index contributed by atoms with van der Waals surface area (Å²) in [5.41, 5.74) is 0.429. The van der Waals surface area contributed by atoms with Crippen LogP contribution >= 0.6 is 0 Å². The fourth-order valence-corrected chi connectivity index (χ4v) is 6.38. The molecule has 1 aliphatic carbocycles. The van der Waals surface area contributed by atoms with Crippen LogP contribution in [0.15, 0.2) is 29.2 Å². The van der Waals surface area contributed by atoms with Gasteiger partial charge in [-0.15, -0.1) is 0 Å². The van der Waals surface area contributed by atoms with E-state index < -0.39 is 10.0 Å². The molecule has 1 saturated carbocycles. The van der Waals surface area contributed by atoms with Crippen molar-refractivity contribution < 1.29 is 22.7 Å². The zero-order valence-corrected chi connectivity index (χ0v) is 15.7. The molecule has 0 radical (unpaired) electrons. The zero-order chi connectivity index (χ0) is 18.8. The molecule has 1 N–H and O–H groups in total. The van der Waals surface area contributed by atoms with Gasteiger partial charge in [0.15, 0.2) is 0 Å². The topological polar surface area (TPSA) is 92.8 Å². The minimum atomic E-state index is -3.59. The predicted octanol–water partition coefficient (Wildman–Crippen LogP) is 1.57. The molecule has 5 rings (SSSR count). The van der Waals surface area contributed by atoms with Gasteiger partial charge >= 0.3 is 0 Å². The van der Waals surface area contributed by atoms with E-state index in [2.05, 4.69) is 4.72 Å². The van der Waals surface area contributed by atoms with Gasteiger partial charge in [0, 0.05) is 6.04 Å². The van der Waals surface area contributed by atoms with Gasteiger partial charge in [0.2, 0.25) is 21.8 Å². The van der Waals surface area contributed by atoms with E-state index in [9.17, 15) is 18.0 Å². The van der Waals surface area contributed by atoms with Gasteiger partial charge in [-0.3, -0.25) is 9.59 Å². The Labute approximate surface area is 158 Å². The highest BCUT2D eigenvalue weighted by Gasteiger charge is 2.62. The Morgan fingerprint density at radius 2 is 1.44 bits per heavy atom. The number of nitrogens with one attached hydrogen (secondary N) is 1. The highest BCUT2D eigenvalue weighted by atomic mass is 32.2. The summed E-state index contributed by atoms with van der Waals surface area (Å²) in [7, 11) is -3.59. The number of anilines is 1. The van der Waals surface area contributed by atoms with Crippen molar-refractivity contribution in [3.05, 3.63) is 24.3 Å². The first-order valence-electron chi connectivity index (χ1n) is 9.61. The normalized spacial score (nSPS) is 33.3. The lowest BCUT2D eigenvalue weighted by Crippen LogP contribution is -2.34. The molecule has 3 aliphatic heterocycles. The molecule has 1 aromatic carbocycles. The maximum atomic E-state index is 12.8. The first-order chi connectivity index (χ1) is 13.0. The van der Waals surface area contributed by atoms with Gasteiger partial charge in [0.05, 0.1) is 34.6 Å². The monoisotopic (exact) mass is 390 g/mol. The Hall–Kier alpha value is -1.77. The third-order valence-corrected chi connectivity index (χ3v) is 7.90. The second kappa shape index (κ2) is 6.12. The van der Waals surface area contributed by atoms with Crippen LogP contribution in [0.3, 0.4) is 0 Å². The standard InChI is InChI=1S/C19H22N2O5S/c22-18-16-14-9-10-15(26-14)17(16)19(23)21(18)12-5-7-13(8-6-12)27(24,25)20-11-3-1-2-4-11/h5-8,11,14-17,20H,1-4,9-10H2/t14-,15+,16+,17-. The Bertz CT molecular complexity index is 863. The summed E-state index contributed by atoms with van der Waals surface area (Å²) in [6, 6.07) is 6.01. The molecule has 2 amide bonds. The van der Waals surface area contributed by atoms with Gasteiger partial charge in [-0.25, -0.2) is 18.0 Å². The van der Waals surface area contributed by atoms with Gasteiger partial charge in [-0.05, 0) is 49.9 Å². The minimum Gasteiger partial charge on any atom is -0.373 e. The zero-order valence-electron chi connectivity index (χ0n) is 14.8. The van der Waals surface area contributed by atoms with Gasteiger partial charge in [0.1, 0.15) is 0 Å². The van der Waals surface area contributed by atoms with Crippen LogP contribution < -0.4 is 9.62 Å². The van der Waals surface area contributed by atoms with Crippen LogP contribution in [0.4, 0.5) is 5.69 Å². The van der Waals surface area contributed by atoms with E-state index in [1.807, 2.05) is 0 Å². The van der Waals surface area contributed by atoms with E-state index in [0.717, 1.165) is 38.5 Å². The summed E-state index contributed by atoms with van der Waals surface area (Å²) in [6.07, 6.45) is 5.14. The van der Waals surface area contributed by atoms with E-state index in [1.165, 1.54) is 17.0 Å². The maximum absolute atomic E-state index is 12.8. The molecule has 3 saturated heterocycles. The molecule has 2 bridgehead atoms. The first kappa shape index (κ1) is 17.3. The van der Waals surface area contributed by atoms with Crippen LogP contribution in [-0.2, 0) is 24.3 Å². The van der Waals surface area contributed by atoms with Gasteiger partial charge in [0.25, 0.3) is 0 Å². The maximum Gasteiger partial charge on any atom is 0.240 e. The third-order valence-electron chi connectivity index (χ3n) is 6.37.